The molecule has 10 heavy (non-hydrogen) atoms. The van der Waals surface area contributed by atoms with Crippen LogP contribution in [0.25, 0.3) is 0 Å². The molecule has 4 atom stereocenters. The van der Waals surface area contributed by atoms with Crippen LogP contribution in [0.4, 0.5) is 0 Å². The molecule has 2 fully saturated rings. The lowest BCUT2D eigenvalue weighted by Gasteiger charge is -2.18. The Labute approximate surface area is 64.8 Å². The maximum Gasteiger partial charge on any atom is 0.0703 e. The summed E-state index contributed by atoms with van der Waals surface area (Å²) in [5.41, 5.74) is 0. The van der Waals surface area contributed by atoms with Crippen LogP contribution in [0.5, 0.6) is 0 Å². The molecule has 4 unspecified atom stereocenters. The first-order valence-corrected chi connectivity index (χ1v) is 4.58. The fraction of sp³-hybridized carbons (Fsp3) is 1.00. The Kier molecular flexibility index (Phi) is 1.54. The van der Waals surface area contributed by atoms with E-state index in [0.717, 1.165) is 17.8 Å². The summed E-state index contributed by atoms with van der Waals surface area (Å²) in [6.45, 7) is 2.21. The molecule has 54 valence electrons. The lowest BCUT2D eigenvalue weighted by Crippen LogP contribution is -2.07. The molecule has 2 aliphatic carbocycles. The van der Waals surface area contributed by atoms with Gasteiger partial charge in [-0.3, -0.25) is 0 Å². The Bertz CT molecular complexity index is 133. The molecule has 0 aromatic heterocycles. The number of hydrogen-bond acceptors (Lipinski definition) is 0. The fourth-order valence-electron chi connectivity index (χ4n) is 2.58. The van der Waals surface area contributed by atoms with E-state index in [4.69, 9.17) is 7.85 Å². The van der Waals surface area contributed by atoms with Crippen LogP contribution in [0.1, 0.15) is 32.6 Å². The summed E-state index contributed by atoms with van der Waals surface area (Å²) in [4.78, 5) is 0. The average molecular weight is 134 g/mol. The van der Waals surface area contributed by atoms with E-state index < -0.39 is 0 Å². The molecule has 2 saturated carbocycles. The lowest BCUT2D eigenvalue weighted by atomic mass is 9.72. The molecular weight excluding hydrogens is 119 g/mol. The lowest BCUT2D eigenvalue weighted by molar-refractivity contribution is 0.440. The molecule has 1 heteroatoms. The maximum absolute atomic E-state index is 6.00. The molecule has 2 aliphatic rings. The van der Waals surface area contributed by atoms with Gasteiger partial charge in [-0.05, 0) is 30.6 Å². The summed E-state index contributed by atoms with van der Waals surface area (Å²) in [7, 11) is 6.00. The van der Waals surface area contributed by atoms with Gasteiger partial charge in [-0.2, -0.15) is 0 Å². The molecule has 0 aromatic carbocycles. The highest BCUT2D eigenvalue weighted by molar-refractivity contribution is 6.11. The van der Waals surface area contributed by atoms with Gasteiger partial charge in [0.15, 0.2) is 0 Å². The van der Waals surface area contributed by atoms with E-state index in [-0.39, 0.29) is 0 Å². The molecule has 0 aliphatic heterocycles. The van der Waals surface area contributed by atoms with Crippen molar-refractivity contribution in [2.24, 2.45) is 17.8 Å². The van der Waals surface area contributed by atoms with Crippen molar-refractivity contribution in [3.63, 3.8) is 0 Å². The number of rotatable bonds is 2. The van der Waals surface area contributed by atoms with Gasteiger partial charge in [-0.15, -0.1) is 0 Å². The third-order valence-corrected chi connectivity index (χ3v) is 3.42. The van der Waals surface area contributed by atoms with Gasteiger partial charge < -0.3 is 0 Å². The Hall–Kier alpha value is 0.0649. The number of fused-ring (bicyclic) bond motifs is 1. The smallest absolute Gasteiger partial charge is 0.0703 e. The second-order valence-corrected chi connectivity index (χ2v) is 3.97. The van der Waals surface area contributed by atoms with E-state index in [1.807, 2.05) is 0 Å². The minimum atomic E-state index is 0.512. The van der Waals surface area contributed by atoms with Gasteiger partial charge in [-0.25, -0.2) is 0 Å². The van der Waals surface area contributed by atoms with E-state index in [0.29, 0.717) is 5.82 Å². The molecular formula is C9H15B. The summed E-state index contributed by atoms with van der Waals surface area (Å²) in [5, 5.41) is 0. The molecule has 0 saturated heterocycles. The highest BCUT2D eigenvalue weighted by atomic mass is 14.5. The fourth-order valence-corrected chi connectivity index (χ4v) is 2.58. The van der Waals surface area contributed by atoms with Crippen LogP contribution in [0.3, 0.4) is 0 Å². The normalized spacial score (nSPS) is 46.7. The molecule has 2 radical (unpaired) electrons. The largest absolute Gasteiger partial charge is 0.0746 e. The second-order valence-electron chi connectivity index (χ2n) is 3.97. The summed E-state index contributed by atoms with van der Waals surface area (Å²) in [6.07, 6.45) is 5.57. The van der Waals surface area contributed by atoms with E-state index in [9.17, 15) is 0 Å². The summed E-state index contributed by atoms with van der Waals surface area (Å²) >= 11 is 0. The average Bonchev–Trinajstić information content (AvgIpc) is 2.62. The first-order chi connectivity index (χ1) is 4.83. The zero-order chi connectivity index (χ0) is 7.14. The predicted molar refractivity (Wildman–Crippen MR) is 44.1 cm³/mol. The van der Waals surface area contributed by atoms with Crippen molar-refractivity contribution in [3.05, 3.63) is 0 Å². The van der Waals surface area contributed by atoms with Gasteiger partial charge in [-0.1, -0.05) is 25.6 Å². The van der Waals surface area contributed by atoms with Gasteiger partial charge in [0.25, 0.3) is 0 Å². The van der Waals surface area contributed by atoms with Crippen molar-refractivity contribution in [2.45, 2.75) is 38.4 Å². The van der Waals surface area contributed by atoms with E-state index in [1.165, 1.54) is 25.7 Å². The van der Waals surface area contributed by atoms with Gasteiger partial charge >= 0.3 is 0 Å². The third-order valence-electron chi connectivity index (χ3n) is 3.42. The zero-order valence-corrected chi connectivity index (χ0v) is 6.72. The van der Waals surface area contributed by atoms with Crippen LogP contribution in [0.15, 0.2) is 0 Å². The molecule has 2 rings (SSSR count). The SMILES string of the molecule is [B]C(CC)C1CCC2CC21. The summed E-state index contributed by atoms with van der Waals surface area (Å²) < 4.78 is 0. The quantitative estimate of drug-likeness (QED) is 0.508. The molecule has 0 nitrogen and oxygen atoms in total. The Morgan fingerprint density at radius 1 is 1.50 bits per heavy atom. The maximum atomic E-state index is 6.00. The first kappa shape index (κ1) is 6.76. The van der Waals surface area contributed by atoms with Crippen LogP contribution in [0.2, 0.25) is 5.82 Å². The third kappa shape index (κ3) is 0.907. The molecule has 0 amide bonds. The highest BCUT2D eigenvalue weighted by Crippen LogP contribution is 2.58. The van der Waals surface area contributed by atoms with Gasteiger partial charge in [0.2, 0.25) is 0 Å². The summed E-state index contributed by atoms with van der Waals surface area (Å²) in [5.74, 6) is 3.56. The van der Waals surface area contributed by atoms with Crippen LogP contribution < -0.4 is 0 Å². The summed E-state index contributed by atoms with van der Waals surface area (Å²) in [6, 6.07) is 0. The van der Waals surface area contributed by atoms with Crippen LogP contribution in [-0.2, 0) is 0 Å². The zero-order valence-electron chi connectivity index (χ0n) is 6.72. The monoisotopic (exact) mass is 134 g/mol. The van der Waals surface area contributed by atoms with Crippen molar-refractivity contribution >= 4 is 7.85 Å². The van der Waals surface area contributed by atoms with Gasteiger partial charge in [0, 0.05) is 0 Å². The minimum Gasteiger partial charge on any atom is -0.0746 e. The van der Waals surface area contributed by atoms with Crippen molar-refractivity contribution < 1.29 is 0 Å². The Morgan fingerprint density at radius 3 is 2.70 bits per heavy atom. The van der Waals surface area contributed by atoms with Gasteiger partial charge in [0.05, 0.1) is 7.85 Å². The molecule has 0 N–H and O–H groups in total. The molecule has 0 heterocycles. The van der Waals surface area contributed by atoms with E-state index >= 15 is 0 Å². The van der Waals surface area contributed by atoms with E-state index in [1.54, 1.807) is 0 Å². The molecule has 0 bridgehead atoms. The van der Waals surface area contributed by atoms with Crippen molar-refractivity contribution in [3.8, 4) is 0 Å². The van der Waals surface area contributed by atoms with Crippen LogP contribution in [0, 0.1) is 17.8 Å². The molecule has 0 aromatic rings. The standard InChI is InChI=1S/C9H15B/c1-2-9(10)7-4-3-6-5-8(6)7/h6-9H,2-5H2,1H3. The predicted octanol–water partition coefficient (Wildman–Crippen LogP) is 2.40. The van der Waals surface area contributed by atoms with Crippen molar-refractivity contribution in [2.75, 3.05) is 0 Å². The molecule has 0 spiro atoms. The second kappa shape index (κ2) is 2.28. The topological polar surface area (TPSA) is 0 Å². The minimum absolute atomic E-state index is 0.512. The van der Waals surface area contributed by atoms with E-state index in [2.05, 4.69) is 6.92 Å². The highest BCUT2D eigenvalue weighted by Gasteiger charge is 2.48. The number of hydrogen-bond donors (Lipinski definition) is 0. The van der Waals surface area contributed by atoms with Gasteiger partial charge in [0.1, 0.15) is 0 Å². The van der Waals surface area contributed by atoms with Crippen molar-refractivity contribution in [1.29, 1.82) is 0 Å². The Balaban J connectivity index is 1.92. The Morgan fingerprint density at radius 2 is 2.30 bits per heavy atom. The first-order valence-electron chi connectivity index (χ1n) is 4.58. The van der Waals surface area contributed by atoms with Crippen LogP contribution >= 0.6 is 0 Å². The van der Waals surface area contributed by atoms with Crippen LogP contribution in [-0.4, -0.2) is 7.85 Å². The van der Waals surface area contributed by atoms with Crippen molar-refractivity contribution in [1.82, 2.24) is 0 Å².